The second kappa shape index (κ2) is 11.6. The number of nitrogens with zero attached hydrogens (tertiary/aromatic N) is 2. The van der Waals surface area contributed by atoms with Crippen molar-refractivity contribution in [2.75, 3.05) is 19.6 Å². The fourth-order valence-corrected chi connectivity index (χ4v) is 5.85. The van der Waals surface area contributed by atoms with Gasteiger partial charge in [0.15, 0.2) is 0 Å². The summed E-state index contributed by atoms with van der Waals surface area (Å²) in [6, 6.07) is 37.9. The van der Waals surface area contributed by atoms with Crippen LogP contribution in [0.2, 0.25) is 0 Å². The first-order valence-corrected chi connectivity index (χ1v) is 14.0. The van der Waals surface area contributed by atoms with E-state index < -0.39 is 0 Å². The molecule has 0 saturated carbocycles. The van der Waals surface area contributed by atoms with Gasteiger partial charge < -0.3 is 14.8 Å². The van der Waals surface area contributed by atoms with E-state index >= 15 is 0 Å². The van der Waals surface area contributed by atoms with Crippen LogP contribution in [-0.4, -0.2) is 46.2 Å². The monoisotopic (exact) mass is 527 g/mol. The number of rotatable bonds is 8. The molecule has 40 heavy (non-hydrogen) atoms. The number of H-pyrrole nitrogens is 1. The van der Waals surface area contributed by atoms with Crippen LogP contribution < -0.4 is 0 Å². The molecule has 2 heterocycles. The van der Waals surface area contributed by atoms with Gasteiger partial charge in [-0.05, 0) is 47.7 Å². The van der Waals surface area contributed by atoms with E-state index in [0.29, 0.717) is 25.2 Å². The van der Waals surface area contributed by atoms with Gasteiger partial charge in [0.1, 0.15) is 0 Å². The van der Waals surface area contributed by atoms with Crippen LogP contribution >= 0.6 is 0 Å². The van der Waals surface area contributed by atoms with Crippen LogP contribution in [0.25, 0.3) is 10.9 Å². The average molecular weight is 528 g/mol. The van der Waals surface area contributed by atoms with Crippen LogP contribution in [0.5, 0.6) is 0 Å². The van der Waals surface area contributed by atoms with Crippen molar-refractivity contribution in [3.8, 4) is 0 Å². The minimum absolute atomic E-state index is 0.0412. The number of nitrogens with one attached hydrogen (secondary N) is 1. The summed E-state index contributed by atoms with van der Waals surface area (Å²) in [5.74, 6) is 0.0178. The van der Waals surface area contributed by atoms with Gasteiger partial charge in [0.25, 0.3) is 5.91 Å². The lowest BCUT2D eigenvalue weighted by atomic mass is 9.92. The molecule has 0 bridgehead atoms. The summed E-state index contributed by atoms with van der Waals surface area (Å²) >= 11 is 0. The quantitative estimate of drug-likeness (QED) is 0.253. The van der Waals surface area contributed by atoms with Crippen molar-refractivity contribution in [1.29, 1.82) is 0 Å². The molecule has 5 nitrogen and oxygen atoms in total. The SMILES string of the molecule is O=C(c1ccccc1)N(CCC(=O)N1CCc2c([nH]c3ccccc23)C1c1ccccc1)CCc1ccccc1. The molecule has 200 valence electrons. The van der Waals surface area contributed by atoms with E-state index in [1.165, 1.54) is 16.5 Å². The second-order valence-electron chi connectivity index (χ2n) is 10.4. The van der Waals surface area contributed by atoms with Gasteiger partial charge >= 0.3 is 0 Å². The van der Waals surface area contributed by atoms with E-state index in [0.717, 1.165) is 29.6 Å². The lowest BCUT2D eigenvalue weighted by Gasteiger charge is -2.37. The number of carbonyl (C=O) groups excluding carboxylic acids is 2. The Labute approximate surface area is 235 Å². The first-order chi connectivity index (χ1) is 19.7. The molecule has 0 fully saturated rings. The summed E-state index contributed by atoms with van der Waals surface area (Å²) in [6.07, 6.45) is 1.81. The molecule has 1 aliphatic heterocycles. The smallest absolute Gasteiger partial charge is 0.253 e. The van der Waals surface area contributed by atoms with Crippen LogP contribution in [0.15, 0.2) is 115 Å². The number of aromatic amines is 1. The summed E-state index contributed by atoms with van der Waals surface area (Å²) in [5, 5.41) is 1.23. The molecule has 0 radical (unpaired) electrons. The molecule has 4 aromatic carbocycles. The van der Waals surface area contributed by atoms with Gasteiger partial charge in [0.2, 0.25) is 5.91 Å². The molecule has 0 spiro atoms. The summed E-state index contributed by atoms with van der Waals surface area (Å²) in [7, 11) is 0. The number of amides is 2. The van der Waals surface area contributed by atoms with E-state index in [1.54, 1.807) is 0 Å². The average Bonchev–Trinajstić information content (AvgIpc) is 3.40. The van der Waals surface area contributed by atoms with Gasteiger partial charge in [-0.15, -0.1) is 0 Å². The maximum Gasteiger partial charge on any atom is 0.253 e. The molecule has 1 atom stereocenters. The zero-order valence-electron chi connectivity index (χ0n) is 22.5. The Morgan fingerprint density at radius 2 is 1.43 bits per heavy atom. The third-order valence-corrected chi connectivity index (χ3v) is 7.89. The van der Waals surface area contributed by atoms with Crippen molar-refractivity contribution in [1.82, 2.24) is 14.8 Å². The van der Waals surface area contributed by atoms with Gasteiger partial charge in [-0.25, -0.2) is 0 Å². The number of carbonyl (C=O) groups is 2. The maximum atomic E-state index is 13.9. The third-order valence-electron chi connectivity index (χ3n) is 7.89. The predicted octanol–water partition coefficient (Wildman–Crippen LogP) is 6.42. The van der Waals surface area contributed by atoms with Crippen molar-refractivity contribution in [2.24, 2.45) is 0 Å². The Morgan fingerprint density at radius 3 is 2.17 bits per heavy atom. The lowest BCUT2D eigenvalue weighted by molar-refractivity contribution is -0.133. The second-order valence-corrected chi connectivity index (χ2v) is 10.4. The van der Waals surface area contributed by atoms with Crippen molar-refractivity contribution in [3.05, 3.63) is 143 Å². The van der Waals surface area contributed by atoms with Gasteiger partial charge in [-0.3, -0.25) is 9.59 Å². The summed E-state index contributed by atoms with van der Waals surface area (Å²) < 4.78 is 0. The normalized spacial score (nSPS) is 14.6. The highest BCUT2D eigenvalue weighted by Crippen LogP contribution is 2.38. The summed E-state index contributed by atoms with van der Waals surface area (Å²) in [4.78, 5) is 34.9. The molecular weight excluding hydrogens is 494 g/mol. The molecule has 5 heteroatoms. The van der Waals surface area contributed by atoms with Crippen LogP contribution in [0, 0.1) is 0 Å². The topological polar surface area (TPSA) is 56.4 Å². The van der Waals surface area contributed by atoms with Crippen LogP contribution in [0.1, 0.15) is 45.2 Å². The molecule has 1 aromatic heterocycles. The van der Waals surface area contributed by atoms with E-state index in [1.807, 2.05) is 82.6 Å². The Hall–Kier alpha value is -4.64. The highest BCUT2D eigenvalue weighted by Gasteiger charge is 2.34. The molecular formula is C35H33N3O2. The van der Waals surface area contributed by atoms with Crippen LogP contribution in [0.3, 0.4) is 0 Å². The van der Waals surface area contributed by atoms with E-state index in [4.69, 9.17) is 0 Å². The van der Waals surface area contributed by atoms with Crippen LogP contribution in [0.4, 0.5) is 0 Å². The first kappa shape index (κ1) is 25.6. The highest BCUT2D eigenvalue weighted by atomic mass is 16.2. The van der Waals surface area contributed by atoms with Crippen molar-refractivity contribution in [3.63, 3.8) is 0 Å². The van der Waals surface area contributed by atoms with Crippen molar-refractivity contribution in [2.45, 2.75) is 25.3 Å². The largest absolute Gasteiger partial charge is 0.356 e. The molecule has 0 aliphatic carbocycles. The minimum atomic E-state index is -0.188. The third kappa shape index (κ3) is 5.28. The lowest BCUT2D eigenvalue weighted by Crippen LogP contribution is -2.43. The number of fused-ring (bicyclic) bond motifs is 3. The highest BCUT2D eigenvalue weighted by molar-refractivity contribution is 5.94. The molecule has 1 aliphatic rings. The number of benzene rings is 4. The molecule has 2 amide bonds. The van der Waals surface area contributed by atoms with Gasteiger partial charge in [0.05, 0.1) is 6.04 Å². The Bertz CT molecular complexity index is 1600. The van der Waals surface area contributed by atoms with Gasteiger partial charge in [-0.1, -0.05) is 97.1 Å². The fraction of sp³-hybridized carbons (Fsp3) is 0.200. The Kier molecular flexibility index (Phi) is 7.45. The zero-order chi connectivity index (χ0) is 27.3. The Balaban J connectivity index is 1.25. The zero-order valence-corrected chi connectivity index (χ0v) is 22.5. The number of aromatic nitrogens is 1. The van der Waals surface area contributed by atoms with Gasteiger partial charge in [-0.2, -0.15) is 0 Å². The van der Waals surface area contributed by atoms with E-state index in [2.05, 4.69) is 47.4 Å². The number of hydrogen-bond acceptors (Lipinski definition) is 2. The molecule has 0 saturated heterocycles. The van der Waals surface area contributed by atoms with E-state index in [-0.39, 0.29) is 24.3 Å². The van der Waals surface area contributed by atoms with Crippen molar-refractivity contribution >= 4 is 22.7 Å². The first-order valence-electron chi connectivity index (χ1n) is 14.0. The van der Waals surface area contributed by atoms with Crippen LogP contribution in [-0.2, 0) is 17.6 Å². The molecule has 1 N–H and O–H groups in total. The molecule has 5 aromatic rings. The summed E-state index contributed by atoms with van der Waals surface area (Å²) in [6.45, 7) is 1.57. The number of para-hydroxylation sites is 1. The molecule has 6 rings (SSSR count). The maximum absolute atomic E-state index is 13.9. The van der Waals surface area contributed by atoms with Gasteiger partial charge in [0, 0.05) is 48.2 Å². The summed E-state index contributed by atoms with van der Waals surface area (Å²) in [5.41, 5.74) is 6.38. The number of hydrogen-bond donors (Lipinski definition) is 1. The molecule has 1 unspecified atom stereocenters. The minimum Gasteiger partial charge on any atom is -0.356 e. The van der Waals surface area contributed by atoms with Crippen molar-refractivity contribution < 1.29 is 9.59 Å². The standard InChI is InChI=1S/C35H33N3O2/c39-32(22-24-37(23-20-26-12-4-1-5-13-26)35(40)28-16-8-3-9-17-28)38-25-21-30-29-18-10-11-19-31(29)36-33(30)34(38)27-14-6-2-7-15-27/h1-19,34,36H,20-25H2. The van der Waals surface area contributed by atoms with E-state index in [9.17, 15) is 9.59 Å². The Morgan fingerprint density at radius 1 is 0.775 bits per heavy atom. The predicted molar refractivity (Wildman–Crippen MR) is 159 cm³/mol. The fourth-order valence-electron chi connectivity index (χ4n) is 5.85.